The fourth-order valence-electron chi connectivity index (χ4n) is 3.08. The molecule has 2 saturated heterocycles. The van der Waals surface area contributed by atoms with Gasteiger partial charge < -0.3 is 9.84 Å². The SMILES string of the molecule is CO[C@@H]1CS(=O)(=O)C[C@@H]1N1CC(C)C(C)(CO)C1. The van der Waals surface area contributed by atoms with Crippen molar-refractivity contribution in [3.8, 4) is 0 Å². The van der Waals surface area contributed by atoms with Crippen LogP contribution in [0.15, 0.2) is 0 Å². The Balaban J connectivity index is 2.14. The molecule has 0 radical (unpaired) electrons. The Bertz CT molecular complexity index is 410. The van der Waals surface area contributed by atoms with Crippen molar-refractivity contribution in [3.63, 3.8) is 0 Å². The number of likely N-dealkylation sites (tertiary alicyclic amines) is 1. The fourth-order valence-corrected chi connectivity index (χ4v) is 5.02. The highest BCUT2D eigenvalue weighted by atomic mass is 32.2. The summed E-state index contributed by atoms with van der Waals surface area (Å²) in [5.41, 5.74) is -0.134. The lowest BCUT2D eigenvalue weighted by Crippen LogP contribution is -2.43. The van der Waals surface area contributed by atoms with Crippen molar-refractivity contribution in [3.05, 3.63) is 0 Å². The van der Waals surface area contributed by atoms with Crippen molar-refractivity contribution in [2.75, 3.05) is 38.3 Å². The molecule has 2 aliphatic rings. The molecule has 2 heterocycles. The highest BCUT2D eigenvalue weighted by Crippen LogP contribution is 2.37. The monoisotopic (exact) mass is 277 g/mol. The fraction of sp³-hybridized carbons (Fsp3) is 1.00. The van der Waals surface area contributed by atoms with Gasteiger partial charge in [0.05, 0.1) is 23.7 Å². The van der Waals surface area contributed by atoms with E-state index >= 15 is 0 Å². The molecule has 18 heavy (non-hydrogen) atoms. The van der Waals surface area contributed by atoms with Gasteiger partial charge in [-0.15, -0.1) is 0 Å². The summed E-state index contributed by atoms with van der Waals surface area (Å²) in [5, 5.41) is 9.51. The maximum Gasteiger partial charge on any atom is 0.154 e. The molecule has 2 fully saturated rings. The summed E-state index contributed by atoms with van der Waals surface area (Å²) >= 11 is 0. The molecule has 0 bridgehead atoms. The Hall–Kier alpha value is -0.170. The van der Waals surface area contributed by atoms with Crippen LogP contribution in [0.3, 0.4) is 0 Å². The molecule has 0 aromatic rings. The molecular formula is C12H23NO4S. The van der Waals surface area contributed by atoms with Gasteiger partial charge in [0.1, 0.15) is 0 Å². The van der Waals surface area contributed by atoms with Crippen molar-refractivity contribution in [2.24, 2.45) is 11.3 Å². The maximum atomic E-state index is 11.7. The number of sulfone groups is 1. The Kier molecular flexibility index (Phi) is 3.75. The van der Waals surface area contributed by atoms with E-state index in [1.54, 1.807) is 7.11 Å². The van der Waals surface area contributed by atoms with E-state index in [0.29, 0.717) is 5.92 Å². The van der Waals surface area contributed by atoms with Crippen LogP contribution in [0.25, 0.3) is 0 Å². The van der Waals surface area contributed by atoms with Gasteiger partial charge in [-0.1, -0.05) is 13.8 Å². The minimum absolute atomic E-state index is 0.0594. The third-order valence-electron chi connectivity index (χ3n) is 4.67. The van der Waals surface area contributed by atoms with E-state index < -0.39 is 9.84 Å². The van der Waals surface area contributed by atoms with Crippen LogP contribution in [-0.2, 0) is 14.6 Å². The molecule has 4 atom stereocenters. The van der Waals surface area contributed by atoms with Gasteiger partial charge in [-0.25, -0.2) is 8.42 Å². The molecule has 0 amide bonds. The van der Waals surface area contributed by atoms with Gasteiger partial charge in [0.15, 0.2) is 9.84 Å². The van der Waals surface area contributed by atoms with Crippen LogP contribution < -0.4 is 0 Å². The molecule has 1 N–H and O–H groups in total. The molecule has 0 aliphatic carbocycles. The number of aliphatic hydroxyl groups excluding tert-OH is 1. The molecule has 2 aliphatic heterocycles. The third-order valence-corrected chi connectivity index (χ3v) is 6.35. The molecule has 2 unspecified atom stereocenters. The first-order valence-corrected chi connectivity index (χ1v) is 8.21. The quantitative estimate of drug-likeness (QED) is 0.770. The molecule has 2 rings (SSSR count). The highest BCUT2D eigenvalue weighted by Gasteiger charge is 2.48. The second-order valence-electron chi connectivity index (χ2n) is 6.06. The van der Waals surface area contributed by atoms with Gasteiger partial charge in [-0.05, 0) is 5.92 Å². The Morgan fingerprint density at radius 3 is 2.61 bits per heavy atom. The smallest absolute Gasteiger partial charge is 0.154 e. The molecule has 0 aromatic heterocycles. The van der Waals surface area contributed by atoms with Crippen LogP contribution in [0, 0.1) is 11.3 Å². The summed E-state index contributed by atoms with van der Waals surface area (Å²) in [4.78, 5) is 2.18. The van der Waals surface area contributed by atoms with Crippen LogP contribution in [-0.4, -0.2) is 68.9 Å². The summed E-state index contributed by atoms with van der Waals surface area (Å²) in [6.07, 6.45) is -0.233. The number of hydrogen-bond donors (Lipinski definition) is 1. The van der Waals surface area contributed by atoms with Crippen molar-refractivity contribution in [2.45, 2.75) is 26.0 Å². The van der Waals surface area contributed by atoms with Crippen molar-refractivity contribution in [1.82, 2.24) is 4.90 Å². The number of ether oxygens (including phenoxy) is 1. The van der Waals surface area contributed by atoms with Crippen LogP contribution >= 0.6 is 0 Å². The predicted molar refractivity (Wildman–Crippen MR) is 69.2 cm³/mol. The molecule has 0 saturated carbocycles. The Labute approximate surface area is 109 Å². The van der Waals surface area contributed by atoms with Crippen LogP contribution in [0.1, 0.15) is 13.8 Å². The van der Waals surface area contributed by atoms with E-state index in [-0.39, 0.29) is 35.7 Å². The molecule has 6 heteroatoms. The summed E-state index contributed by atoms with van der Waals surface area (Å²) in [6.45, 7) is 5.88. The molecule has 0 aromatic carbocycles. The Morgan fingerprint density at radius 1 is 1.44 bits per heavy atom. The molecular weight excluding hydrogens is 254 g/mol. The van der Waals surface area contributed by atoms with Crippen LogP contribution in [0.2, 0.25) is 0 Å². The van der Waals surface area contributed by atoms with E-state index in [0.717, 1.165) is 13.1 Å². The number of rotatable bonds is 3. The third kappa shape index (κ3) is 2.43. The number of aliphatic hydroxyl groups is 1. The second kappa shape index (κ2) is 4.74. The predicted octanol–water partition coefficient (Wildman–Crippen LogP) is -0.251. The van der Waals surface area contributed by atoms with E-state index in [4.69, 9.17) is 4.74 Å². The van der Waals surface area contributed by atoms with Gasteiger partial charge in [-0.2, -0.15) is 0 Å². The molecule has 0 spiro atoms. The standard InChI is InChI=1S/C12H23NO4S/c1-9-4-13(7-12(9,2)8-14)10-5-18(15,16)6-11(10)17-3/h9-11,14H,4-8H2,1-3H3/t9?,10-,11+,12?/m0/s1. The average molecular weight is 277 g/mol. The largest absolute Gasteiger partial charge is 0.396 e. The van der Waals surface area contributed by atoms with Gasteiger partial charge >= 0.3 is 0 Å². The zero-order valence-corrected chi connectivity index (χ0v) is 12.1. The van der Waals surface area contributed by atoms with E-state index in [2.05, 4.69) is 18.7 Å². The van der Waals surface area contributed by atoms with Gasteiger partial charge in [0.25, 0.3) is 0 Å². The average Bonchev–Trinajstić information content (AvgIpc) is 2.77. The van der Waals surface area contributed by atoms with Crippen LogP contribution in [0.5, 0.6) is 0 Å². The lowest BCUT2D eigenvalue weighted by Gasteiger charge is -2.29. The molecule has 106 valence electrons. The lowest BCUT2D eigenvalue weighted by molar-refractivity contribution is 0.0456. The van der Waals surface area contributed by atoms with Crippen molar-refractivity contribution >= 4 is 9.84 Å². The number of hydrogen-bond acceptors (Lipinski definition) is 5. The van der Waals surface area contributed by atoms with E-state index in [9.17, 15) is 13.5 Å². The van der Waals surface area contributed by atoms with Gasteiger partial charge in [0.2, 0.25) is 0 Å². The Morgan fingerprint density at radius 2 is 2.11 bits per heavy atom. The van der Waals surface area contributed by atoms with Crippen LogP contribution in [0.4, 0.5) is 0 Å². The zero-order chi connectivity index (χ0) is 13.6. The minimum atomic E-state index is -2.98. The first kappa shape index (κ1) is 14.2. The normalized spacial score (nSPS) is 44.6. The summed E-state index contributed by atoms with van der Waals surface area (Å²) in [6, 6.07) is -0.0594. The van der Waals surface area contributed by atoms with Gasteiger partial charge in [0, 0.05) is 32.2 Å². The minimum Gasteiger partial charge on any atom is -0.396 e. The molecule has 5 nitrogen and oxygen atoms in total. The second-order valence-corrected chi connectivity index (χ2v) is 8.21. The van der Waals surface area contributed by atoms with E-state index in [1.165, 1.54) is 0 Å². The van der Waals surface area contributed by atoms with Crippen molar-refractivity contribution < 1.29 is 18.3 Å². The number of methoxy groups -OCH3 is 1. The summed E-state index contributed by atoms with van der Waals surface area (Å²) < 4.78 is 28.8. The maximum absolute atomic E-state index is 11.7. The zero-order valence-electron chi connectivity index (χ0n) is 11.3. The topological polar surface area (TPSA) is 66.8 Å². The summed E-state index contributed by atoms with van der Waals surface area (Å²) in [5.74, 6) is 0.664. The number of nitrogens with zero attached hydrogens (tertiary/aromatic N) is 1. The summed E-state index contributed by atoms with van der Waals surface area (Å²) in [7, 11) is -1.41. The first-order chi connectivity index (χ1) is 8.31. The van der Waals surface area contributed by atoms with Crippen molar-refractivity contribution in [1.29, 1.82) is 0 Å². The highest BCUT2D eigenvalue weighted by molar-refractivity contribution is 7.91. The van der Waals surface area contributed by atoms with Gasteiger partial charge in [-0.3, -0.25) is 4.90 Å². The van der Waals surface area contributed by atoms with E-state index in [1.807, 2.05) is 0 Å². The first-order valence-electron chi connectivity index (χ1n) is 6.39. The lowest BCUT2D eigenvalue weighted by atomic mass is 9.82.